The summed E-state index contributed by atoms with van der Waals surface area (Å²) >= 11 is 6.06. The van der Waals surface area contributed by atoms with Crippen LogP contribution in [0.15, 0.2) is 35.7 Å². The number of nitrogens with zero attached hydrogens (tertiary/aromatic N) is 5. The summed E-state index contributed by atoms with van der Waals surface area (Å²) < 4.78 is 31.5. The first kappa shape index (κ1) is 14.6. The van der Waals surface area contributed by atoms with E-state index in [9.17, 15) is 8.42 Å². The highest BCUT2D eigenvalue weighted by atomic mass is 35.5. The van der Waals surface area contributed by atoms with Gasteiger partial charge in [-0.05, 0) is 25.0 Å². The van der Waals surface area contributed by atoms with Crippen molar-refractivity contribution in [1.29, 1.82) is 0 Å². The van der Waals surface area contributed by atoms with E-state index in [-0.39, 0.29) is 10.2 Å². The number of aryl methyl sites for hydroxylation is 1. The number of imidazole rings is 1. The first-order chi connectivity index (χ1) is 11.1. The van der Waals surface area contributed by atoms with Crippen LogP contribution in [0.1, 0.15) is 24.7 Å². The van der Waals surface area contributed by atoms with Crippen LogP contribution in [0.5, 0.6) is 0 Å². The molecule has 0 bridgehead atoms. The van der Waals surface area contributed by atoms with Crippen LogP contribution in [0.3, 0.4) is 0 Å². The summed E-state index contributed by atoms with van der Waals surface area (Å²) in [7, 11) is -3.86. The van der Waals surface area contributed by atoms with Crippen LogP contribution < -0.4 is 4.72 Å². The quantitative estimate of drug-likeness (QED) is 0.768. The predicted octanol–water partition coefficient (Wildman–Crippen LogP) is 1.39. The zero-order chi connectivity index (χ0) is 16.0. The Labute approximate surface area is 137 Å². The number of hydrogen-bond acceptors (Lipinski definition) is 5. The molecule has 0 aromatic carbocycles. The molecule has 0 spiro atoms. The first-order valence-corrected chi connectivity index (χ1v) is 8.95. The molecule has 120 valence electrons. The van der Waals surface area contributed by atoms with E-state index in [1.165, 1.54) is 10.7 Å². The van der Waals surface area contributed by atoms with Gasteiger partial charge in [-0.3, -0.25) is 4.40 Å². The SMILES string of the molecule is O=S(=O)(NC1CCCn2ncnc21)c1c(Cl)nc2ccccn12. The normalized spacial score (nSPS) is 18.2. The Morgan fingerprint density at radius 1 is 1.35 bits per heavy atom. The van der Waals surface area contributed by atoms with Crippen molar-refractivity contribution in [2.24, 2.45) is 0 Å². The van der Waals surface area contributed by atoms with Gasteiger partial charge in [0.15, 0.2) is 10.2 Å². The Balaban J connectivity index is 1.76. The van der Waals surface area contributed by atoms with Crippen molar-refractivity contribution in [2.45, 2.75) is 30.5 Å². The Kier molecular flexibility index (Phi) is 3.36. The molecule has 23 heavy (non-hydrogen) atoms. The van der Waals surface area contributed by atoms with E-state index < -0.39 is 16.1 Å². The Morgan fingerprint density at radius 2 is 2.22 bits per heavy atom. The van der Waals surface area contributed by atoms with Crippen molar-refractivity contribution in [1.82, 2.24) is 28.9 Å². The molecule has 3 aromatic heterocycles. The van der Waals surface area contributed by atoms with E-state index in [2.05, 4.69) is 19.8 Å². The van der Waals surface area contributed by atoms with Crippen molar-refractivity contribution < 1.29 is 8.42 Å². The number of nitrogens with one attached hydrogen (secondary N) is 1. The summed E-state index contributed by atoms with van der Waals surface area (Å²) in [6.07, 6.45) is 4.53. The molecule has 10 heteroatoms. The minimum absolute atomic E-state index is 0.0547. The zero-order valence-corrected chi connectivity index (χ0v) is 13.5. The molecule has 0 saturated heterocycles. The summed E-state index contributed by atoms with van der Waals surface area (Å²) in [6.45, 7) is 0.740. The van der Waals surface area contributed by atoms with E-state index in [4.69, 9.17) is 11.6 Å². The minimum Gasteiger partial charge on any atom is -0.288 e. The lowest BCUT2D eigenvalue weighted by molar-refractivity contribution is 0.399. The van der Waals surface area contributed by atoms with Crippen LogP contribution in [-0.4, -0.2) is 32.6 Å². The van der Waals surface area contributed by atoms with Crippen molar-refractivity contribution in [3.63, 3.8) is 0 Å². The van der Waals surface area contributed by atoms with Gasteiger partial charge in [-0.1, -0.05) is 17.7 Å². The second-order valence-electron chi connectivity index (χ2n) is 5.29. The van der Waals surface area contributed by atoms with Gasteiger partial charge in [0.25, 0.3) is 10.0 Å². The highest BCUT2D eigenvalue weighted by molar-refractivity contribution is 7.89. The topological polar surface area (TPSA) is 94.2 Å². The maximum Gasteiger partial charge on any atom is 0.260 e. The average molecular weight is 353 g/mol. The number of hydrogen-bond donors (Lipinski definition) is 1. The van der Waals surface area contributed by atoms with Crippen LogP contribution in [0, 0.1) is 0 Å². The molecule has 4 rings (SSSR count). The Morgan fingerprint density at radius 3 is 3.09 bits per heavy atom. The van der Waals surface area contributed by atoms with E-state index in [0.717, 1.165) is 13.0 Å². The number of rotatable bonds is 3. The molecule has 1 aliphatic rings. The Hall–Kier alpha value is -1.97. The van der Waals surface area contributed by atoms with Gasteiger partial charge in [-0.15, -0.1) is 0 Å². The molecule has 3 aromatic rings. The van der Waals surface area contributed by atoms with E-state index in [1.807, 2.05) is 0 Å². The van der Waals surface area contributed by atoms with Crippen LogP contribution in [0.4, 0.5) is 0 Å². The third kappa shape index (κ3) is 2.41. The highest BCUT2D eigenvalue weighted by Crippen LogP contribution is 2.27. The number of pyridine rings is 1. The maximum absolute atomic E-state index is 12.8. The summed E-state index contributed by atoms with van der Waals surface area (Å²) in [6, 6.07) is 4.76. The lowest BCUT2D eigenvalue weighted by atomic mass is 10.1. The second kappa shape index (κ2) is 5.29. The minimum atomic E-state index is -3.86. The predicted molar refractivity (Wildman–Crippen MR) is 82.5 cm³/mol. The highest BCUT2D eigenvalue weighted by Gasteiger charge is 2.31. The molecule has 1 unspecified atom stereocenters. The third-order valence-corrected chi connectivity index (χ3v) is 5.69. The summed E-state index contributed by atoms with van der Waals surface area (Å²) in [5.41, 5.74) is 0.477. The van der Waals surface area contributed by atoms with Gasteiger partial charge in [0, 0.05) is 12.7 Å². The average Bonchev–Trinajstić information content (AvgIpc) is 3.10. The van der Waals surface area contributed by atoms with Crippen LogP contribution in [-0.2, 0) is 16.6 Å². The van der Waals surface area contributed by atoms with E-state index in [1.54, 1.807) is 29.1 Å². The molecule has 4 heterocycles. The van der Waals surface area contributed by atoms with E-state index in [0.29, 0.717) is 17.9 Å². The smallest absolute Gasteiger partial charge is 0.260 e. The third-order valence-electron chi connectivity index (χ3n) is 3.82. The molecule has 0 fully saturated rings. The Bertz CT molecular complexity index is 979. The van der Waals surface area contributed by atoms with Gasteiger partial charge in [0.2, 0.25) is 0 Å². The maximum atomic E-state index is 12.8. The molecular weight excluding hydrogens is 340 g/mol. The van der Waals surface area contributed by atoms with Crippen LogP contribution in [0.2, 0.25) is 5.15 Å². The van der Waals surface area contributed by atoms with Crippen molar-refractivity contribution in [3.8, 4) is 0 Å². The van der Waals surface area contributed by atoms with Crippen molar-refractivity contribution >= 4 is 27.3 Å². The standard InChI is InChI=1S/C13H13ClN6O2S/c14-11-13(19-6-2-1-5-10(19)17-11)23(21,22)18-9-4-3-7-20-12(9)15-8-16-20/h1-2,5-6,8-9,18H,3-4,7H2. The van der Waals surface area contributed by atoms with E-state index >= 15 is 0 Å². The number of fused-ring (bicyclic) bond motifs is 2. The molecule has 1 aliphatic heterocycles. The van der Waals surface area contributed by atoms with Crippen molar-refractivity contribution in [2.75, 3.05) is 0 Å². The molecule has 0 saturated carbocycles. The number of halogens is 1. The van der Waals surface area contributed by atoms with Crippen molar-refractivity contribution in [3.05, 3.63) is 41.7 Å². The second-order valence-corrected chi connectivity index (χ2v) is 7.28. The molecule has 0 aliphatic carbocycles. The lowest BCUT2D eigenvalue weighted by Crippen LogP contribution is -2.34. The molecule has 8 nitrogen and oxygen atoms in total. The largest absolute Gasteiger partial charge is 0.288 e. The molecule has 0 radical (unpaired) electrons. The number of sulfonamides is 1. The fourth-order valence-corrected chi connectivity index (χ4v) is 4.70. The number of aromatic nitrogens is 5. The monoisotopic (exact) mass is 352 g/mol. The molecule has 1 atom stereocenters. The fourth-order valence-electron chi connectivity index (χ4n) is 2.83. The van der Waals surface area contributed by atoms with Gasteiger partial charge in [0.05, 0.1) is 6.04 Å². The molecular formula is C13H13ClN6O2S. The molecule has 1 N–H and O–H groups in total. The van der Waals surface area contributed by atoms with Gasteiger partial charge >= 0.3 is 0 Å². The van der Waals surface area contributed by atoms with Gasteiger partial charge < -0.3 is 0 Å². The van der Waals surface area contributed by atoms with Gasteiger partial charge in [-0.2, -0.15) is 9.82 Å². The fraction of sp³-hybridized carbons (Fsp3) is 0.308. The molecule has 0 amide bonds. The van der Waals surface area contributed by atoms with Crippen LogP contribution in [0.25, 0.3) is 5.65 Å². The first-order valence-electron chi connectivity index (χ1n) is 7.09. The summed E-state index contributed by atoms with van der Waals surface area (Å²) in [5, 5.41) is 3.98. The summed E-state index contributed by atoms with van der Waals surface area (Å²) in [5.74, 6) is 0.616. The lowest BCUT2D eigenvalue weighted by Gasteiger charge is -2.22. The zero-order valence-electron chi connectivity index (χ0n) is 11.9. The summed E-state index contributed by atoms with van der Waals surface area (Å²) in [4.78, 5) is 8.24. The van der Waals surface area contributed by atoms with Gasteiger partial charge in [0.1, 0.15) is 17.8 Å². The van der Waals surface area contributed by atoms with Gasteiger partial charge in [-0.25, -0.2) is 23.1 Å². The van der Waals surface area contributed by atoms with Crippen LogP contribution >= 0.6 is 11.6 Å².